The van der Waals surface area contributed by atoms with Gasteiger partial charge in [-0.2, -0.15) is 0 Å². The van der Waals surface area contributed by atoms with Gasteiger partial charge in [0.1, 0.15) is 11.3 Å². The SMILES string of the molecule is COc1cc2occ(-c3ccc(Br)cc3)c2cc1/C(C)=C/C(=O)Nc1cccc(Cl)c1. The molecule has 31 heavy (non-hydrogen) atoms. The highest BCUT2D eigenvalue weighted by Gasteiger charge is 2.15. The van der Waals surface area contributed by atoms with Crippen LogP contribution in [-0.2, 0) is 4.79 Å². The number of hydrogen-bond donors (Lipinski definition) is 1. The molecule has 0 fully saturated rings. The smallest absolute Gasteiger partial charge is 0.248 e. The van der Waals surface area contributed by atoms with Gasteiger partial charge >= 0.3 is 0 Å². The molecular weight excluding hydrogens is 478 g/mol. The molecule has 0 saturated heterocycles. The number of allylic oxidation sites excluding steroid dienone is 1. The molecule has 3 aromatic carbocycles. The molecule has 1 amide bonds. The lowest BCUT2D eigenvalue weighted by Crippen LogP contribution is -2.08. The number of carbonyl (C=O) groups excluding carboxylic acids is 1. The zero-order valence-corrected chi connectivity index (χ0v) is 19.3. The van der Waals surface area contributed by atoms with E-state index in [1.807, 2.05) is 43.3 Å². The van der Waals surface area contributed by atoms with Crippen molar-refractivity contribution in [2.24, 2.45) is 0 Å². The van der Waals surface area contributed by atoms with Crippen molar-refractivity contribution in [2.45, 2.75) is 6.92 Å². The molecule has 4 rings (SSSR count). The van der Waals surface area contributed by atoms with Crippen LogP contribution in [0.25, 0.3) is 27.7 Å². The van der Waals surface area contributed by atoms with Crippen LogP contribution < -0.4 is 10.1 Å². The van der Waals surface area contributed by atoms with E-state index in [1.54, 1.807) is 43.7 Å². The van der Waals surface area contributed by atoms with Crippen LogP contribution in [0.4, 0.5) is 5.69 Å². The van der Waals surface area contributed by atoms with Gasteiger partial charge in [-0.1, -0.05) is 45.7 Å². The zero-order valence-electron chi connectivity index (χ0n) is 16.9. The molecule has 1 heterocycles. The van der Waals surface area contributed by atoms with E-state index in [2.05, 4.69) is 21.2 Å². The molecule has 0 atom stereocenters. The van der Waals surface area contributed by atoms with Crippen molar-refractivity contribution in [2.75, 3.05) is 12.4 Å². The topological polar surface area (TPSA) is 51.5 Å². The summed E-state index contributed by atoms with van der Waals surface area (Å²) in [5.74, 6) is 0.385. The van der Waals surface area contributed by atoms with Crippen molar-refractivity contribution in [3.05, 3.63) is 88.1 Å². The van der Waals surface area contributed by atoms with Crippen LogP contribution in [0, 0.1) is 0 Å². The standard InChI is InChI=1S/C25H19BrClNO3/c1-15(10-25(29)28-19-5-3-4-18(27)11-19)20-12-21-22(16-6-8-17(26)9-7-16)14-31-24(21)13-23(20)30-2/h3-14H,1-2H3,(H,28,29)/b15-10+. The first kappa shape index (κ1) is 21.2. The summed E-state index contributed by atoms with van der Waals surface area (Å²) in [6, 6.07) is 18.9. The number of hydrogen-bond acceptors (Lipinski definition) is 3. The van der Waals surface area contributed by atoms with Crippen molar-refractivity contribution < 1.29 is 13.9 Å². The lowest BCUT2D eigenvalue weighted by atomic mass is 9.99. The molecule has 0 bridgehead atoms. The first-order valence-corrected chi connectivity index (χ1v) is 10.7. The molecule has 0 aliphatic heterocycles. The van der Waals surface area contributed by atoms with E-state index in [4.69, 9.17) is 20.8 Å². The van der Waals surface area contributed by atoms with E-state index < -0.39 is 0 Å². The molecule has 1 N–H and O–H groups in total. The zero-order chi connectivity index (χ0) is 22.0. The van der Waals surface area contributed by atoms with Crippen molar-refractivity contribution >= 4 is 55.7 Å². The highest BCUT2D eigenvalue weighted by atomic mass is 79.9. The van der Waals surface area contributed by atoms with Crippen molar-refractivity contribution in [1.82, 2.24) is 0 Å². The Morgan fingerprint density at radius 1 is 1.13 bits per heavy atom. The normalized spacial score (nSPS) is 11.5. The van der Waals surface area contributed by atoms with Crippen LogP contribution in [0.1, 0.15) is 12.5 Å². The van der Waals surface area contributed by atoms with Crippen LogP contribution in [0.3, 0.4) is 0 Å². The van der Waals surface area contributed by atoms with Gasteiger partial charge in [0, 0.05) is 43.8 Å². The van der Waals surface area contributed by atoms with E-state index in [0.29, 0.717) is 16.5 Å². The van der Waals surface area contributed by atoms with Gasteiger partial charge in [0.15, 0.2) is 0 Å². The van der Waals surface area contributed by atoms with Gasteiger partial charge in [0.2, 0.25) is 5.91 Å². The summed E-state index contributed by atoms with van der Waals surface area (Å²) in [7, 11) is 1.60. The first-order valence-electron chi connectivity index (χ1n) is 9.55. The van der Waals surface area contributed by atoms with Crippen molar-refractivity contribution in [3.63, 3.8) is 0 Å². The Labute approximate surface area is 193 Å². The second-order valence-electron chi connectivity index (χ2n) is 7.03. The number of anilines is 1. The Balaban J connectivity index is 1.71. The number of carbonyl (C=O) groups is 1. The van der Waals surface area contributed by atoms with Gasteiger partial charge in [0.05, 0.1) is 13.4 Å². The van der Waals surface area contributed by atoms with E-state index in [1.165, 1.54) is 0 Å². The van der Waals surface area contributed by atoms with Crippen molar-refractivity contribution in [3.8, 4) is 16.9 Å². The summed E-state index contributed by atoms with van der Waals surface area (Å²) in [6.07, 6.45) is 3.28. The highest BCUT2D eigenvalue weighted by Crippen LogP contribution is 2.37. The van der Waals surface area contributed by atoms with E-state index in [0.717, 1.165) is 37.7 Å². The lowest BCUT2D eigenvalue weighted by Gasteiger charge is -2.10. The third-order valence-electron chi connectivity index (χ3n) is 4.92. The van der Waals surface area contributed by atoms with Crippen LogP contribution >= 0.6 is 27.5 Å². The number of halogens is 2. The maximum absolute atomic E-state index is 12.5. The summed E-state index contributed by atoms with van der Waals surface area (Å²) in [5, 5.41) is 4.34. The van der Waals surface area contributed by atoms with Gasteiger partial charge in [-0.25, -0.2) is 0 Å². The number of fused-ring (bicyclic) bond motifs is 1. The number of rotatable bonds is 5. The fourth-order valence-corrected chi connectivity index (χ4v) is 3.86. The first-order chi connectivity index (χ1) is 14.9. The largest absolute Gasteiger partial charge is 0.496 e. The molecular formula is C25H19BrClNO3. The summed E-state index contributed by atoms with van der Waals surface area (Å²) in [4.78, 5) is 12.5. The van der Waals surface area contributed by atoms with Gasteiger partial charge in [0.25, 0.3) is 0 Å². The third-order valence-corrected chi connectivity index (χ3v) is 5.68. The Kier molecular flexibility index (Phi) is 6.16. The predicted octanol–water partition coefficient (Wildman–Crippen LogP) is 7.57. The Morgan fingerprint density at radius 3 is 2.61 bits per heavy atom. The monoisotopic (exact) mass is 495 g/mol. The van der Waals surface area contributed by atoms with Crippen molar-refractivity contribution in [1.29, 1.82) is 0 Å². The van der Waals surface area contributed by atoms with E-state index >= 15 is 0 Å². The Hall–Kier alpha value is -3.02. The molecule has 0 aliphatic rings. The van der Waals surface area contributed by atoms with E-state index in [-0.39, 0.29) is 5.91 Å². The molecule has 156 valence electrons. The number of nitrogens with one attached hydrogen (secondary N) is 1. The molecule has 0 radical (unpaired) electrons. The van der Waals surface area contributed by atoms with Crippen LogP contribution in [0.2, 0.25) is 5.02 Å². The average molecular weight is 497 g/mol. The molecule has 1 aromatic heterocycles. The second-order valence-corrected chi connectivity index (χ2v) is 8.38. The Bertz CT molecular complexity index is 1290. The van der Waals surface area contributed by atoms with Gasteiger partial charge < -0.3 is 14.5 Å². The number of benzene rings is 3. The minimum absolute atomic E-state index is 0.248. The number of methoxy groups -OCH3 is 1. The van der Waals surface area contributed by atoms with Crippen LogP contribution in [-0.4, -0.2) is 13.0 Å². The lowest BCUT2D eigenvalue weighted by molar-refractivity contribution is -0.111. The van der Waals surface area contributed by atoms with Gasteiger partial charge in [-0.15, -0.1) is 0 Å². The minimum atomic E-state index is -0.248. The third kappa shape index (κ3) is 4.68. The molecule has 0 spiro atoms. The average Bonchev–Trinajstić information content (AvgIpc) is 3.16. The molecule has 4 aromatic rings. The molecule has 4 nitrogen and oxygen atoms in total. The fourth-order valence-electron chi connectivity index (χ4n) is 3.40. The fraction of sp³-hybridized carbons (Fsp3) is 0.0800. The van der Waals surface area contributed by atoms with Gasteiger partial charge in [-0.3, -0.25) is 4.79 Å². The maximum Gasteiger partial charge on any atom is 0.248 e. The highest BCUT2D eigenvalue weighted by molar-refractivity contribution is 9.10. The second kappa shape index (κ2) is 9.00. The number of furan rings is 1. The number of ether oxygens (including phenoxy) is 1. The minimum Gasteiger partial charge on any atom is -0.496 e. The molecule has 6 heteroatoms. The van der Waals surface area contributed by atoms with Gasteiger partial charge in [-0.05, 0) is 54.5 Å². The molecule has 0 saturated carbocycles. The summed E-state index contributed by atoms with van der Waals surface area (Å²) in [6.45, 7) is 1.88. The van der Waals surface area contributed by atoms with E-state index in [9.17, 15) is 4.79 Å². The summed E-state index contributed by atoms with van der Waals surface area (Å²) < 4.78 is 12.4. The molecule has 0 aliphatic carbocycles. The molecule has 0 unspecified atom stereocenters. The predicted molar refractivity (Wildman–Crippen MR) is 130 cm³/mol. The summed E-state index contributed by atoms with van der Waals surface area (Å²) in [5.41, 5.74) is 4.95. The van der Waals surface area contributed by atoms with Crippen LogP contribution in [0.5, 0.6) is 5.75 Å². The maximum atomic E-state index is 12.5. The number of amides is 1. The quantitative estimate of drug-likeness (QED) is 0.290. The Morgan fingerprint density at radius 2 is 1.90 bits per heavy atom. The summed E-state index contributed by atoms with van der Waals surface area (Å²) >= 11 is 9.46. The van der Waals surface area contributed by atoms with Crippen LogP contribution in [0.15, 0.2) is 81.9 Å².